The highest BCUT2D eigenvalue weighted by Crippen LogP contribution is 2.55. The zero-order valence-electron chi connectivity index (χ0n) is 17.2. The normalized spacial score (nSPS) is 18.6. The summed E-state index contributed by atoms with van der Waals surface area (Å²) < 4.78 is 5.25. The average Bonchev–Trinajstić information content (AvgIpc) is 3.37. The Labute approximate surface area is 176 Å². The van der Waals surface area contributed by atoms with Crippen LogP contribution in [0.4, 0.5) is 0 Å². The molecule has 0 amide bonds. The van der Waals surface area contributed by atoms with E-state index >= 15 is 0 Å². The summed E-state index contributed by atoms with van der Waals surface area (Å²) in [7, 11) is 0. The van der Waals surface area contributed by atoms with Crippen molar-refractivity contribution in [2.45, 2.75) is 43.6 Å². The highest BCUT2D eigenvalue weighted by Gasteiger charge is 2.48. The number of hydrogen-bond acceptors (Lipinski definition) is 3. The van der Waals surface area contributed by atoms with Crippen LogP contribution in [0.1, 0.15) is 40.3 Å². The van der Waals surface area contributed by atoms with Crippen LogP contribution in [-0.4, -0.2) is 18.1 Å². The van der Waals surface area contributed by atoms with E-state index in [9.17, 15) is 4.79 Å². The van der Waals surface area contributed by atoms with Gasteiger partial charge in [0, 0.05) is 18.3 Å². The van der Waals surface area contributed by atoms with Gasteiger partial charge in [-0.15, -0.1) is 0 Å². The smallest absolute Gasteiger partial charge is 0.326 e. The second-order valence-corrected chi connectivity index (χ2v) is 9.15. The lowest BCUT2D eigenvalue weighted by atomic mass is 9.75. The van der Waals surface area contributed by atoms with E-state index in [2.05, 4.69) is 60.7 Å². The third kappa shape index (κ3) is 2.27. The first-order valence-electron chi connectivity index (χ1n) is 10.8. The summed E-state index contributed by atoms with van der Waals surface area (Å²) in [5.41, 5.74) is 16.4. The van der Waals surface area contributed by atoms with Gasteiger partial charge < -0.3 is 10.5 Å². The van der Waals surface area contributed by atoms with Gasteiger partial charge in [-0.3, -0.25) is 4.79 Å². The fourth-order valence-corrected chi connectivity index (χ4v) is 6.12. The summed E-state index contributed by atoms with van der Waals surface area (Å²) in [6.45, 7) is 2.20. The Kier molecular flexibility index (Phi) is 3.61. The molecule has 0 heterocycles. The average molecular weight is 396 g/mol. The molecule has 3 aliphatic carbocycles. The second-order valence-electron chi connectivity index (χ2n) is 9.15. The Morgan fingerprint density at radius 3 is 1.80 bits per heavy atom. The van der Waals surface area contributed by atoms with E-state index in [0.29, 0.717) is 19.4 Å². The zero-order chi connectivity index (χ0) is 20.5. The summed E-state index contributed by atoms with van der Waals surface area (Å²) in [6.07, 6.45) is 3.13. The van der Waals surface area contributed by atoms with Crippen LogP contribution in [0, 0.1) is 0 Å². The van der Waals surface area contributed by atoms with E-state index < -0.39 is 5.54 Å². The molecular weight excluding hydrogens is 370 g/mol. The fourth-order valence-electron chi connectivity index (χ4n) is 6.12. The van der Waals surface area contributed by atoms with Gasteiger partial charge in [-0.1, -0.05) is 60.7 Å². The van der Waals surface area contributed by atoms with Gasteiger partial charge in [0.25, 0.3) is 0 Å². The predicted molar refractivity (Wildman–Crippen MR) is 117 cm³/mol. The summed E-state index contributed by atoms with van der Waals surface area (Å²) in [5, 5.41) is 0. The Morgan fingerprint density at radius 1 is 0.833 bits per heavy atom. The van der Waals surface area contributed by atoms with Crippen LogP contribution >= 0.6 is 0 Å². The predicted octanol–water partition coefficient (Wildman–Crippen LogP) is 4.11. The van der Waals surface area contributed by atoms with Gasteiger partial charge in [0.05, 0.1) is 6.61 Å². The SMILES string of the molecule is CCOC(=O)C1(N)Cc2cc3c(cc2C1)CC1(C3)c2ccccc2-c2ccccc21. The van der Waals surface area contributed by atoms with Crippen LogP contribution in [0.3, 0.4) is 0 Å². The number of rotatable bonds is 2. The Balaban J connectivity index is 1.41. The molecular formula is C27H25NO2. The van der Waals surface area contributed by atoms with Gasteiger partial charge in [-0.2, -0.15) is 0 Å². The van der Waals surface area contributed by atoms with Crippen LogP contribution in [-0.2, 0) is 40.6 Å². The Bertz CT molecular complexity index is 1130. The van der Waals surface area contributed by atoms with Crippen molar-refractivity contribution in [3.63, 3.8) is 0 Å². The number of esters is 1. The molecule has 150 valence electrons. The lowest BCUT2D eigenvalue weighted by Crippen LogP contribution is -2.50. The van der Waals surface area contributed by atoms with Crippen molar-refractivity contribution in [1.82, 2.24) is 0 Å². The summed E-state index contributed by atoms with van der Waals surface area (Å²) in [4.78, 5) is 12.4. The molecule has 30 heavy (non-hydrogen) atoms. The van der Waals surface area contributed by atoms with Crippen molar-refractivity contribution < 1.29 is 9.53 Å². The number of carbonyl (C=O) groups is 1. The third-order valence-corrected chi connectivity index (χ3v) is 7.38. The minimum absolute atomic E-state index is 0.0194. The first-order valence-corrected chi connectivity index (χ1v) is 10.8. The lowest BCUT2D eigenvalue weighted by Gasteiger charge is -2.26. The lowest BCUT2D eigenvalue weighted by molar-refractivity contribution is -0.149. The first-order chi connectivity index (χ1) is 14.5. The maximum absolute atomic E-state index is 12.4. The van der Waals surface area contributed by atoms with Crippen molar-refractivity contribution in [2.24, 2.45) is 5.73 Å². The van der Waals surface area contributed by atoms with Crippen molar-refractivity contribution in [3.8, 4) is 11.1 Å². The maximum Gasteiger partial charge on any atom is 0.326 e. The maximum atomic E-state index is 12.4. The van der Waals surface area contributed by atoms with Crippen LogP contribution < -0.4 is 5.73 Å². The molecule has 0 aromatic heterocycles. The highest BCUT2D eigenvalue weighted by molar-refractivity contribution is 5.84. The molecule has 0 unspecified atom stereocenters. The number of fused-ring (bicyclic) bond motifs is 7. The second kappa shape index (κ2) is 6.05. The topological polar surface area (TPSA) is 52.3 Å². The molecule has 3 heteroatoms. The highest BCUT2D eigenvalue weighted by atomic mass is 16.5. The minimum atomic E-state index is -0.919. The number of benzene rings is 3. The van der Waals surface area contributed by atoms with Crippen LogP contribution in [0.5, 0.6) is 0 Å². The third-order valence-electron chi connectivity index (χ3n) is 7.38. The summed E-state index contributed by atoms with van der Waals surface area (Å²) >= 11 is 0. The summed E-state index contributed by atoms with van der Waals surface area (Å²) in [6, 6.07) is 22.4. The molecule has 0 atom stereocenters. The molecule has 0 radical (unpaired) electrons. The van der Waals surface area contributed by atoms with Crippen LogP contribution in [0.15, 0.2) is 60.7 Å². The molecule has 3 nitrogen and oxygen atoms in total. The number of hydrogen-bond donors (Lipinski definition) is 1. The molecule has 0 fully saturated rings. The van der Waals surface area contributed by atoms with Gasteiger partial charge >= 0.3 is 5.97 Å². The number of carbonyl (C=O) groups excluding carboxylic acids is 1. The molecule has 2 N–H and O–H groups in total. The molecule has 0 saturated heterocycles. The standard InChI is InChI=1S/C27H25NO2/c1-2-30-25(29)27(28)15-19-11-17-13-26(14-18(17)12-20(19)16-27)23-9-5-3-7-21(23)22-8-4-6-10-24(22)26/h3-12H,2,13-16,28H2,1H3. The molecule has 3 aliphatic rings. The van der Waals surface area contributed by atoms with Gasteiger partial charge in [-0.25, -0.2) is 0 Å². The van der Waals surface area contributed by atoms with Gasteiger partial charge in [-0.05, 0) is 64.3 Å². The van der Waals surface area contributed by atoms with Crippen molar-refractivity contribution in [2.75, 3.05) is 6.61 Å². The molecule has 0 saturated carbocycles. The van der Waals surface area contributed by atoms with E-state index in [1.165, 1.54) is 44.5 Å². The summed E-state index contributed by atoms with van der Waals surface area (Å²) in [5.74, 6) is -0.281. The van der Waals surface area contributed by atoms with Gasteiger partial charge in [0.2, 0.25) is 0 Å². The monoisotopic (exact) mass is 395 g/mol. The zero-order valence-corrected chi connectivity index (χ0v) is 17.2. The molecule has 0 aliphatic heterocycles. The van der Waals surface area contributed by atoms with E-state index in [1.807, 2.05) is 6.92 Å². The molecule has 3 aromatic carbocycles. The number of nitrogens with two attached hydrogens (primary N) is 1. The van der Waals surface area contributed by atoms with Gasteiger partial charge in [0.1, 0.15) is 5.54 Å². The largest absolute Gasteiger partial charge is 0.465 e. The first kappa shape index (κ1) is 17.9. The molecule has 0 bridgehead atoms. The Morgan fingerprint density at radius 2 is 1.30 bits per heavy atom. The van der Waals surface area contributed by atoms with Crippen LogP contribution in [0.25, 0.3) is 11.1 Å². The van der Waals surface area contributed by atoms with Gasteiger partial charge in [0.15, 0.2) is 0 Å². The Hall–Kier alpha value is -2.91. The van der Waals surface area contributed by atoms with Crippen molar-refractivity contribution in [3.05, 3.63) is 94.0 Å². The molecule has 1 spiro atoms. The van der Waals surface area contributed by atoms with E-state index in [-0.39, 0.29) is 11.4 Å². The number of ether oxygens (including phenoxy) is 1. The van der Waals surface area contributed by atoms with Crippen LogP contribution in [0.2, 0.25) is 0 Å². The van der Waals surface area contributed by atoms with E-state index in [1.54, 1.807) is 0 Å². The minimum Gasteiger partial charge on any atom is -0.465 e. The van der Waals surface area contributed by atoms with E-state index in [4.69, 9.17) is 10.5 Å². The molecule has 6 rings (SSSR count). The van der Waals surface area contributed by atoms with Crippen molar-refractivity contribution >= 4 is 5.97 Å². The van der Waals surface area contributed by atoms with E-state index in [0.717, 1.165) is 12.8 Å². The molecule has 3 aromatic rings. The quantitative estimate of drug-likeness (QED) is 0.665. The van der Waals surface area contributed by atoms with Crippen molar-refractivity contribution in [1.29, 1.82) is 0 Å². The fraction of sp³-hybridized carbons (Fsp3) is 0.296.